The molecular formula is C66H46F6IN23. The predicted octanol–water partition coefficient (Wildman–Crippen LogP) is 12.7. The smallest absolute Gasteiger partial charge is 0.165 e. The van der Waals surface area contributed by atoms with Crippen LogP contribution < -0.4 is 17.2 Å². The minimum Gasteiger partial charge on any atom is -0.383 e. The number of benzene rings is 3. The zero-order valence-corrected chi connectivity index (χ0v) is 52.4. The van der Waals surface area contributed by atoms with Crippen molar-refractivity contribution in [3.8, 4) is 44.6 Å². The summed E-state index contributed by atoms with van der Waals surface area (Å²) in [6.45, 7) is 5.71. The molecule has 3 aromatic carbocycles. The van der Waals surface area contributed by atoms with E-state index in [9.17, 15) is 26.3 Å². The summed E-state index contributed by atoms with van der Waals surface area (Å²) >= 11 is 2.09. The number of nitrogens with two attached hydrogens (primary N) is 3. The Hall–Kier alpha value is -12.1. The van der Waals surface area contributed by atoms with Gasteiger partial charge in [-0.2, -0.15) is 20.4 Å². The standard InChI is InChI=1S/C24H17F2N9.C21H14F2IN7.C21H15F2N7/c1-12(35-24-20(23(27)29-11-30-24)22(34-35)15-8-31-32-9-15)21-18(14-5-17(26)10-28-7-14)6-13-4-16(25)2-3-19(13)33-21;1-10(31-21-17(19(24)30-31)20(25)27-9-28-21)18-15(12-5-14(23)8-26-7-12)6-11-4-13(22)2-3-16(11)29-18;1-11(30-21-17(9-28-30)20(24)26-10-27-21)19-16(13-5-15(23)8-25-7-13)6-12-4-14(22)2-3-18(12)29-19/h2-12H,1H3,(H,31,32)(H2,27,29,30);2-10H,1H3,(H2,25,27,28);2-11H,1H3,(H2,24,26,27). The van der Waals surface area contributed by atoms with E-state index in [2.05, 4.69) is 87.8 Å². The lowest BCUT2D eigenvalue weighted by atomic mass is 9.99. The number of aromatic amines is 1. The lowest BCUT2D eigenvalue weighted by Crippen LogP contribution is -2.13. The molecule has 96 heavy (non-hydrogen) atoms. The summed E-state index contributed by atoms with van der Waals surface area (Å²) < 4.78 is 89.3. The third kappa shape index (κ3) is 11.6. The average Bonchev–Trinajstić information content (AvgIpc) is 1.30. The number of anilines is 3. The second-order valence-electron chi connectivity index (χ2n) is 22.0. The zero-order valence-electron chi connectivity index (χ0n) is 50.2. The minimum absolute atomic E-state index is 0.279. The third-order valence-electron chi connectivity index (χ3n) is 15.9. The number of hydrogen-bond donors (Lipinski definition) is 4. The van der Waals surface area contributed by atoms with Crippen LogP contribution in [-0.2, 0) is 0 Å². The van der Waals surface area contributed by atoms with Crippen LogP contribution in [0.2, 0.25) is 0 Å². The monoisotopic (exact) mass is 1400 g/mol. The number of pyridine rings is 6. The van der Waals surface area contributed by atoms with Gasteiger partial charge < -0.3 is 17.2 Å². The topological polar surface area (TPSA) is 315 Å². The largest absolute Gasteiger partial charge is 0.383 e. The van der Waals surface area contributed by atoms with Gasteiger partial charge in [0, 0.05) is 79.9 Å². The predicted molar refractivity (Wildman–Crippen MR) is 356 cm³/mol. The van der Waals surface area contributed by atoms with Crippen molar-refractivity contribution in [2.75, 3.05) is 17.2 Å². The quantitative estimate of drug-likeness (QED) is 0.0730. The Morgan fingerprint density at radius 2 is 0.833 bits per heavy atom. The zero-order chi connectivity index (χ0) is 66.6. The molecule has 0 fully saturated rings. The molecule has 0 aliphatic rings. The molecule has 0 spiro atoms. The highest BCUT2D eigenvalue weighted by atomic mass is 127. The molecule has 7 N–H and O–H groups in total. The van der Waals surface area contributed by atoms with Gasteiger partial charge in [-0.05, 0) is 134 Å². The third-order valence-corrected chi connectivity index (χ3v) is 16.7. The van der Waals surface area contributed by atoms with Crippen molar-refractivity contribution in [2.24, 2.45) is 0 Å². The summed E-state index contributed by atoms with van der Waals surface area (Å²) in [4.78, 5) is 51.5. The van der Waals surface area contributed by atoms with Gasteiger partial charge in [-0.15, -0.1) is 0 Å². The van der Waals surface area contributed by atoms with Gasteiger partial charge in [0.2, 0.25) is 0 Å². The van der Waals surface area contributed by atoms with E-state index < -0.39 is 35.4 Å². The molecule has 3 atom stereocenters. The van der Waals surface area contributed by atoms with Gasteiger partial charge in [0.25, 0.3) is 0 Å². The first-order chi connectivity index (χ1) is 46.4. The highest BCUT2D eigenvalue weighted by Crippen LogP contribution is 2.39. The van der Waals surface area contributed by atoms with Crippen molar-refractivity contribution in [2.45, 2.75) is 38.9 Å². The molecule has 474 valence electrons. The molecule has 23 nitrogen and oxygen atoms in total. The molecule has 3 unspecified atom stereocenters. The molecule has 0 amide bonds. The van der Waals surface area contributed by atoms with E-state index >= 15 is 0 Å². The lowest BCUT2D eigenvalue weighted by molar-refractivity contribution is 0.564. The molecule has 0 saturated heterocycles. The summed E-state index contributed by atoms with van der Waals surface area (Å²) in [6.07, 6.45) is 17.1. The van der Waals surface area contributed by atoms with E-state index in [0.29, 0.717) is 137 Å². The highest BCUT2D eigenvalue weighted by molar-refractivity contribution is 14.1. The first-order valence-corrected chi connectivity index (χ1v) is 30.2. The number of fused-ring (bicyclic) bond motifs is 6. The van der Waals surface area contributed by atoms with Gasteiger partial charge in [0.15, 0.2) is 16.9 Å². The molecule has 0 aliphatic heterocycles. The first-order valence-electron chi connectivity index (χ1n) is 29.1. The molecule has 0 saturated carbocycles. The van der Waals surface area contributed by atoms with Gasteiger partial charge in [-0.1, -0.05) is 0 Å². The van der Waals surface area contributed by atoms with E-state index in [-0.39, 0.29) is 23.5 Å². The molecule has 0 bridgehead atoms. The van der Waals surface area contributed by atoms with Gasteiger partial charge in [-0.25, -0.2) is 85.2 Å². The van der Waals surface area contributed by atoms with E-state index in [4.69, 9.17) is 37.3 Å². The summed E-state index contributed by atoms with van der Waals surface area (Å²) in [7, 11) is 0. The van der Waals surface area contributed by atoms with Crippen molar-refractivity contribution in [1.82, 2.24) is 99.3 Å². The molecule has 13 aromatic heterocycles. The molecule has 0 aliphatic carbocycles. The second-order valence-corrected chi connectivity index (χ2v) is 23.0. The Bertz CT molecular complexity index is 5690. The number of nitrogens with zero attached hydrogens (tertiary/aromatic N) is 19. The SMILES string of the molecule is CC(c1nc2ccc(F)cc2cc1-c1cncc(F)c1)n1nc(-c2cn[nH]c2)c2c(N)ncnc21.CC(c1nc2ccc(F)cc2cc1-c1cncc(F)c1)n1nc(I)c2c(N)ncnc21.CC(c1nc2ccc(F)cc2cc1-c1cncc(F)c1)n1ncc2c(N)ncnc21. The molecule has 0 radical (unpaired) electrons. The van der Waals surface area contributed by atoms with Crippen LogP contribution in [0.5, 0.6) is 0 Å². The minimum atomic E-state index is -0.493. The van der Waals surface area contributed by atoms with Crippen LogP contribution >= 0.6 is 22.6 Å². The number of halogens is 7. The number of nitrogens with one attached hydrogen (secondary N) is 1. The van der Waals surface area contributed by atoms with Crippen molar-refractivity contribution >= 4 is 106 Å². The van der Waals surface area contributed by atoms with Crippen LogP contribution in [-0.4, -0.2) is 99.3 Å². The number of nitrogen functional groups attached to an aromatic ring is 3. The maximum absolute atomic E-state index is 14.1. The molecule has 30 heteroatoms. The average molecular weight is 1400 g/mol. The molecule has 16 rings (SSSR count). The summed E-state index contributed by atoms with van der Waals surface area (Å²) in [5.41, 5.74) is 28.1. The van der Waals surface area contributed by atoms with Crippen molar-refractivity contribution < 1.29 is 26.3 Å². The maximum Gasteiger partial charge on any atom is 0.165 e. The molecule has 13 heterocycles. The van der Waals surface area contributed by atoms with Crippen LogP contribution in [0.15, 0.2) is 166 Å². The second kappa shape index (κ2) is 25.1. The summed E-state index contributed by atoms with van der Waals surface area (Å²) in [5.74, 6) is -1.64. The highest BCUT2D eigenvalue weighted by Gasteiger charge is 2.28. The van der Waals surface area contributed by atoms with Crippen molar-refractivity contribution in [1.29, 1.82) is 0 Å². The van der Waals surface area contributed by atoms with Gasteiger partial charge in [0.1, 0.15) is 80.7 Å². The Morgan fingerprint density at radius 1 is 0.417 bits per heavy atom. The molecular weight excluding hydrogens is 1360 g/mol. The van der Waals surface area contributed by atoms with E-state index in [1.54, 1.807) is 87.6 Å². The van der Waals surface area contributed by atoms with E-state index in [1.807, 2.05) is 20.8 Å². The number of hydrogen-bond acceptors (Lipinski definition) is 19. The van der Waals surface area contributed by atoms with Crippen LogP contribution in [0.1, 0.15) is 56.0 Å². The Kier molecular flexibility index (Phi) is 16.0. The lowest BCUT2D eigenvalue weighted by Gasteiger charge is -2.18. The van der Waals surface area contributed by atoms with Gasteiger partial charge in [-0.3, -0.25) is 20.1 Å². The fourth-order valence-corrected chi connectivity index (χ4v) is 12.1. The Morgan fingerprint density at radius 3 is 1.28 bits per heavy atom. The normalized spacial score (nSPS) is 12.5. The molecule has 16 aromatic rings. The number of rotatable bonds is 10. The number of H-pyrrole nitrogens is 1. The fourth-order valence-electron chi connectivity index (χ4n) is 11.4. The van der Waals surface area contributed by atoms with E-state index in [0.717, 1.165) is 24.2 Å². The van der Waals surface area contributed by atoms with Crippen molar-refractivity contribution in [3.63, 3.8) is 0 Å². The van der Waals surface area contributed by atoms with Crippen LogP contribution in [0.3, 0.4) is 0 Å². The van der Waals surface area contributed by atoms with Crippen LogP contribution in [0.25, 0.3) is 110 Å². The number of aromatic nitrogens is 20. The maximum atomic E-state index is 14.1. The van der Waals surface area contributed by atoms with Crippen molar-refractivity contribution in [3.05, 3.63) is 221 Å². The van der Waals surface area contributed by atoms with E-state index in [1.165, 1.54) is 73.6 Å². The Labute approximate surface area is 550 Å². The van der Waals surface area contributed by atoms with Crippen LogP contribution in [0, 0.1) is 38.6 Å². The summed E-state index contributed by atoms with van der Waals surface area (Å²) in [6, 6.07) is 21.3. The van der Waals surface area contributed by atoms with Gasteiger partial charge >= 0.3 is 0 Å². The first kappa shape index (κ1) is 61.4. The Balaban J connectivity index is 0.000000124. The summed E-state index contributed by atoms with van der Waals surface area (Å²) in [5, 5.41) is 24.3. The van der Waals surface area contributed by atoms with Gasteiger partial charge in [0.05, 0.1) is 98.9 Å². The fraction of sp³-hybridized carbons (Fsp3) is 0.0909. The van der Waals surface area contributed by atoms with Crippen LogP contribution in [0.4, 0.5) is 43.8 Å².